The second-order valence-electron chi connectivity index (χ2n) is 5.38. The number of hydrogen-bond donors (Lipinski definition) is 2. The molecular formula is C17H28ClNO3. The third kappa shape index (κ3) is 6.23. The van der Waals surface area contributed by atoms with E-state index in [0.717, 1.165) is 24.5 Å². The number of aliphatic hydroxyl groups excluding tert-OH is 1. The fraction of sp³-hybridized carbons (Fsp3) is 0.647. The number of methoxy groups -OCH3 is 1. The second kappa shape index (κ2) is 10.2. The highest BCUT2D eigenvalue weighted by Crippen LogP contribution is 2.25. The first kappa shape index (κ1) is 19.4. The number of rotatable bonds is 7. The molecule has 0 spiro atoms. The van der Waals surface area contributed by atoms with Crippen LogP contribution in [0.3, 0.4) is 0 Å². The maximum atomic E-state index is 9.78. The molecule has 0 amide bonds. The molecule has 1 fully saturated rings. The molecule has 2 unspecified atom stereocenters. The summed E-state index contributed by atoms with van der Waals surface area (Å²) < 4.78 is 10.5. The molecule has 2 atom stereocenters. The maximum Gasteiger partial charge on any atom is 0.0897 e. The topological polar surface area (TPSA) is 50.7 Å². The number of β-amino-alcohol motifs (C(OH)–C–C–N with tert-alkyl or cyclic N) is 1. The van der Waals surface area contributed by atoms with Crippen molar-refractivity contribution >= 4 is 11.6 Å². The van der Waals surface area contributed by atoms with E-state index >= 15 is 0 Å². The Labute approximate surface area is 138 Å². The predicted octanol–water partition coefficient (Wildman–Crippen LogP) is 2.66. The van der Waals surface area contributed by atoms with Crippen LogP contribution in [-0.2, 0) is 15.9 Å². The summed E-state index contributed by atoms with van der Waals surface area (Å²) in [6, 6.07) is 7.88. The number of aliphatic hydroxyl groups is 1. The van der Waals surface area contributed by atoms with Crippen LogP contribution < -0.4 is 5.32 Å². The van der Waals surface area contributed by atoms with Crippen molar-refractivity contribution in [3.05, 3.63) is 34.9 Å². The van der Waals surface area contributed by atoms with Crippen molar-refractivity contribution in [2.45, 2.75) is 38.3 Å². The van der Waals surface area contributed by atoms with Gasteiger partial charge in [-0.15, -0.1) is 0 Å². The first-order chi connectivity index (χ1) is 10.6. The minimum atomic E-state index is -0.503. The van der Waals surface area contributed by atoms with Crippen LogP contribution in [-0.4, -0.2) is 50.2 Å². The van der Waals surface area contributed by atoms with Gasteiger partial charge in [0.1, 0.15) is 0 Å². The largest absolute Gasteiger partial charge is 0.389 e. The molecule has 0 aromatic heterocycles. The molecule has 2 N–H and O–H groups in total. The Morgan fingerprint density at radius 3 is 2.82 bits per heavy atom. The maximum absolute atomic E-state index is 9.78. The Morgan fingerprint density at radius 1 is 1.45 bits per heavy atom. The Bertz CT molecular complexity index is 422. The summed E-state index contributed by atoms with van der Waals surface area (Å²) in [5, 5.41) is 14.0. The molecular weight excluding hydrogens is 302 g/mol. The fourth-order valence-corrected chi connectivity index (χ4v) is 2.78. The van der Waals surface area contributed by atoms with Gasteiger partial charge in [0.15, 0.2) is 0 Å². The zero-order valence-corrected chi connectivity index (χ0v) is 14.5. The predicted molar refractivity (Wildman–Crippen MR) is 90.6 cm³/mol. The lowest BCUT2D eigenvalue weighted by atomic mass is 9.90. The average Bonchev–Trinajstić information content (AvgIpc) is 2.97. The number of nitrogens with one attached hydrogen (secondary N) is 1. The molecule has 0 aliphatic carbocycles. The van der Waals surface area contributed by atoms with Gasteiger partial charge >= 0.3 is 0 Å². The van der Waals surface area contributed by atoms with Crippen LogP contribution in [0.15, 0.2) is 24.3 Å². The van der Waals surface area contributed by atoms with Crippen molar-refractivity contribution in [1.82, 2.24) is 5.32 Å². The van der Waals surface area contributed by atoms with Gasteiger partial charge in [0.05, 0.1) is 19.3 Å². The van der Waals surface area contributed by atoms with Crippen molar-refractivity contribution < 1.29 is 14.6 Å². The quantitative estimate of drug-likeness (QED) is 0.807. The van der Waals surface area contributed by atoms with Crippen molar-refractivity contribution in [3.63, 3.8) is 0 Å². The third-order valence-corrected chi connectivity index (χ3v) is 3.84. The zero-order chi connectivity index (χ0) is 16.4. The van der Waals surface area contributed by atoms with Crippen LogP contribution in [0, 0.1) is 0 Å². The summed E-state index contributed by atoms with van der Waals surface area (Å²) in [5.74, 6) is 0. The molecule has 1 aromatic carbocycles. The average molecular weight is 330 g/mol. The third-order valence-electron chi connectivity index (χ3n) is 3.61. The Balaban J connectivity index is 0.00000116. The first-order valence-corrected chi connectivity index (χ1v) is 8.26. The number of hydrogen-bond acceptors (Lipinski definition) is 4. The molecule has 5 heteroatoms. The molecule has 1 aliphatic heterocycles. The van der Waals surface area contributed by atoms with Gasteiger partial charge in [-0.05, 0) is 30.5 Å². The van der Waals surface area contributed by atoms with E-state index in [-0.39, 0.29) is 5.54 Å². The number of ether oxygens (including phenoxy) is 2. The smallest absolute Gasteiger partial charge is 0.0897 e. The first-order valence-electron chi connectivity index (χ1n) is 7.88. The van der Waals surface area contributed by atoms with E-state index in [0.29, 0.717) is 19.8 Å². The van der Waals surface area contributed by atoms with Crippen LogP contribution in [0.1, 0.15) is 25.8 Å². The standard InChI is InChI=1S/C15H22ClNO3.C2H6/c1-19-10-14(18)9-17-15(5-6-20-11-15)8-12-3-2-4-13(16)7-12;1-2/h2-4,7,14,17-18H,5-6,8-11H2,1H3;1-2H3. The molecule has 1 aromatic rings. The highest BCUT2D eigenvalue weighted by molar-refractivity contribution is 6.30. The van der Waals surface area contributed by atoms with Gasteiger partial charge in [-0.1, -0.05) is 37.6 Å². The molecule has 126 valence electrons. The Morgan fingerprint density at radius 2 is 2.23 bits per heavy atom. The zero-order valence-electron chi connectivity index (χ0n) is 13.8. The van der Waals surface area contributed by atoms with Gasteiger partial charge < -0.3 is 19.9 Å². The van der Waals surface area contributed by atoms with Crippen LogP contribution in [0.2, 0.25) is 5.02 Å². The van der Waals surface area contributed by atoms with E-state index < -0.39 is 6.10 Å². The van der Waals surface area contributed by atoms with Gasteiger partial charge in [0.25, 0.3) is 0 Å². The molecule has 2 rings (SSSR count). The highest BCUT2D eigenvalue weighted by atomic mass is 35.5. The molecule has 0 bridgehead atoms. The lowest BCUT2D eigenvalue weighted by Crippen LogP contribution is -2.51. The summed E-state index contributed by atoms with van der Waals surface area (Å²) in [6.45, 7) is 6.23. The normalized spacial score (nSPS) is 22.0. The summed E-state index contributed by atoms with van der Waals surface area (Å²) in [4.78, 5) is 0. The van der Waals surface area contributed by atoms with Crippen LogP contribution in [0.25, 0.3) is 0 Å². The molecule has 1 saturated heterocycles. The molecule has 22 heavy (non-hydrogen) atoms. The van der Waals surface area contributed by atoms with Crippen LogP contribution in [0.4, 0.5) is 0 Å². The molecule has 0 saturated carbocycles. The monoisotopic (exact) mass is 329 g/mol. The van der Waals surface area contributed by atoms with Gasteiger partial charge in [-0.2, -0.15) is 0 Å². The van der Waals surface area contributed by atoms with Gasteiger partial charge in [0.2, 0.25) is 0 Å². The van der Waals surface area contributed by atoms with E-state index in [4.69, 9.17) is 21.1 Å². The summed E-state index contributed by atoms with van der Waals surface area (Å²) in [7, 11) is 1.59. The van der Waals surface area contributed by atoms with Crippen LogP contribution >= 0.6 is 11.6 Å². The van der Waals surface area contributed by atoms with E-state index in [2.05, 4.69) is 11.4 Å². The Kier molecular flexibility index (Phi) is 8.98. The minimum Gasteiger partial charge on any atom is -0.389 e. The second-order valence-corrected chi connectivity index (χ2v) is 5.82. The summed E-state index contributed by atoms with van der Waals surface area (Å²) in [6.07, 6.45) is 1.27. The summed E-state index contributed by atoms with van der Waals surface area (Å²) >= 11 is 6.04. The van der Waals surface area contributed by atoms with Gasteiger partial charge in [-0.3, -0.25) is 0 Å². The summed E-state index contributed by atoms with van der Waals surface area (Å²) in [5.41, 5.74) is 1.05. The lowest BCUT2D eigenvalue weighted by Gasteiger charge is -2.30. The van der Waals surface area contributed by atoms with Gasteiger partial charge in [0, 0.05) is 30.8 Å². The lowest BCUT2D eigenvalue weighted by molar-refractivity contribution is 0.0567. The molecule has 0 radical (unpaired) electrons. The fourth-order valence-electron chi connectivity index (χ4n) is 2.57. The van der Waals surface area contributed by atoms with E-state index in [1.54, 1.807) is 7.11 Å². The van der Waals surface area contributed by atoms with Crippen LogP contribution in [0.5, 0.6) is 0 Å². The highest BCUT2D eigenvalue weighted by Gasteiger charge is 2.35. The minimum absolute atomic E-state index is 0.126. The van der Waals surface area contributed by atoms with Crippen molar-refractivity contribution in [2.24, 2.45) is 0 Å². The van der Waals surface area contributed by atoms with Crippen molar-refractivity contribution in [2.75, 3.05) is 33.5 Å². The molecule has 1 aliphatic rings. The number of benzene rings is 1. The molecule has 4 nitrogen and oxygen atoms in total. The molecule has 1 heterocycles. The Hall–Kier alpha value is -0.650. The van der Waals surface area contributed by atoms with Crippen molar-refractivity contribution in [3.8, 4) is 0 Å². The SMILES string of the molecule is CC.COCC(O)CNC1(Cc2cccc(Cl)c2)CCOC1. The van der Waals surface area contributed by atoms with E-state index in [1.807, 2.05) is 32.0 Å². The van der Waals surface area contributed by atoms with Gasteiger partial charge in [-0.25, -0.2) is 0 Å². The van der Waals surface area contributed by atoms with E-state index in [9.17, 15) is 5.11 Å². The number of halogens is 1. The van der Waals surface area contributed by atoms with Crippen molar-refractivity contribution in [1.29, 1.82) is 0 Å². The van der Waals surface area contributed by atoms with E-state index in [1.165, 1.54) is 5.56 Å².